The lowest BCUT2D eigenvalue weighted by Crippen LogP contribution is -2.40. The first kappa shape index (κ1) is 12.9. The fourth-order valence-corrected chi connectivity index (χ4v) is 1.97. The number of nitrogens with one attached hydrogen (secondary N) is 3. The maximum atomic E-state index is 11.9. The summed E-state index contributed by atoms with van der Waals surface area (Å²) in [6.45, 7) is 6.09. The highest BCUT2D eigenvalue weighted by Gasteiger charge is 2.16. The summed E-state index contributed by atoms with van der Waals surface area (Å²) in [5.41, 5.74) is 0. The fourth-order valence-electron chi connectivity index (χ4n) is 1.97. The third kappa shape index (κ3) is 3.74. The van der Waals surface area contributed by atoms with Crippen molar-refractivity contribution in [2.24, 2.45) is 0 Å². The molecular weight excluding hydrogens is 234 g/mol. The van der Waals surface area contributed by atoms with E-state index in [1.54, 1.807) is 0 Å². The van der Waals surface area contributed by atoms with E-state index in [-0.39, 0.29) is 11.9 Å². The molecule has 18 heavy (non-hydrogen) atoms. The van der Waals surface area contributed by atoms with E-state index in [1.807, 2.05) is 6.92 Å². The monoisotopic (exact) mass is 253 g/mol. The Labute approximate surface area is 106 Å². The van der Waals surface area contributed by atoms with Crippen LogP contribution in [0.15, 0.2) is 0 Å². The average molecular weight is 253 g/mol. The normalized spacial score (nSPS) is 19.2. The molecule has 0 spiro atoms. The molecule has 1 amide bonds. The number of nitrogens with zero attached hydrogens (tertiary/aromatic N) is 4. The van der Waals surface area contributed by atoms with Gasteiger partial charge in [0.1, 0.15) is 0 Å². The Balaban J connectivity index is 1.77. The van der Waals surface area contributed by atoms with E-state index in [9.17, 15) is 4.79 Å². The highest BCUT2D eigenvalue weighted by atomic mass is 16.2. The average Bonchev–Trinajstić information content (AvgIpc) is 2.76. The molecule has 3 N–H and O–H groups in total. The van der Waals surface area contributed by atoms with Crippen molar-refractivity contribution in [1.29, 1.82) is 0 Å². The van der Waals surface area contributed by atoms with Crippen LogP contribution in [0.2, 0.25) is 0 Å². The van der Waals surface area contributed by atoms with Gasteiger partial charge in [-0.15, -0.1) is 10.2 Å². The van der Waals surface area contributed by atoms with Gasteiger partial charge in [0.2, 0.25) is 5.91 Å². The van der Waals surface area contributed by atoms with Gasteiger partial charge in [0.05, 0.1) is 12.6 Å². The van der Waals surface area contributed by atoms with Crippen LogP contribution in [0.25, 0.3) is 0 Å². The second kappa shape index (κ2) is 6.41. The van der Waals surface area contributed by atoms with E-state index in [0.717, 1.165) is 32.6 Å². The summed E-state index contributed by atoms with van der Waals surface area (Å²) in [7, 11) is 0. The lowest BCUT2D eigenvalue weighted by molar-refractivity contribution is -0.122. The topological polar surface area (TPSA) is 98.8 Å². The summed E-state index contributed by atoms with van der Waals surface area (Å²) in [6.07, 6.45) is 1.08. The number of amides is 1. The molecule has 2 heterocycles. The molecule has 100 valence electrons. The summed E-state index contributed by atoms with van der Waals surface area (Å²) in [6, 6.07) is -0.221. The van der Waals surface area contributed by atoms with Crippen molar-refractivity contribution in [3.63, 3.8) is 0 Å². The van der Waals surface area contributed by atoms with E-state index in [1.165, 1.54) is 0 Å². The minimum Gasteiger partial charge on any atom is -0.345 e. The predicted molar refractivity (Wildman–Crippen MR) is 64.7 cm³/mol. The molecule has 0 bridgehead atoms. The lowest BCUT2D eigenvalue weighted by atomic mass is 10.3. The number of carbonyl (C=O) groups is 1. The van der Waals surface area contributed by atoms with Gasteiger partial charge in [0.15, 0.2) is 5.82 Å². The summed E-state index contributed by atoms with van der Waals surface area (Å²) in [4.78, 5) is 14.0. The van der Waals surface area contributed by atoms with Gasteiger partial charge >= 0.3 is 0 Å². The van der Waals surface area contributed by atoms with Crippen molar-refractivity contribution >= 4 is 5.91 Å². The third-order valence-corrected chi connectivity index (χ3v) is 2.93. The van der Waals surface area contributed by atoms with Crippen LogP contribution in [0.5, 0.6) is 0 Å². The van der Waals surface area contributed by atoms with Gasteiger partial charge in [-0.1, -0.05) is 5.21 Å². The number of H-pyrrole nitrogens is 1. The smallest absolute Gasteiger partial charge is 0.234 e. The maximum Gasteiger partial charge on any atom is 0.234 e. The summed E-state index contributed by atoms with van der Waals surface area (Å²) in [5, 5.41) is 19.7. The van der Waals surface area contributed by atoms with Crippen molar-refractivity contribution in [3.8, 4) is 0 Å². The highest BCUT2D eigenvalue weighted by molar-refractivity contribution is 5.78. The number of hydrogen-bond acceptors (Lipinski definition) is 6. The standard InChI is InChI=1S/C10H19N7O/c1-8(10-13-15-16-14-10)12-9(18)7-17-5-2-3-11-4-6-17/h8,11H,2-7H2,1H3,(H,12,18)(H,13,14,15,16). The number of carbonyl (C=O) groups excluding carboxylic acids is 1. The molecule has 1 saturated heterocycles. The Morgan fingerprint density at radius 1 is 1.50 bits per heavy atom. The van der Waals surface area contributed by atoms with Crippen LogP contribution >= 0.6 is 0 Å². The van der Waals surface area contributed by atoms with Gasteiger partial charge in [0.25, 0.3) is 0 Å². The van der Waals surface area contributed by atoms with Crippen LogP contribution in [0, 0.1) is 0 Å². The molecule has 1 atom stereocenters. The minimum absolute atomic E-state index is 0.00537. The Bertz CT molecular complexity index is 358. The van der Waals surface area contributed by atoms with Crippen LogP contribution in [-0.4, -0.2) is 64.2 Å². The summed E-state index contributed by atoms with van der Waals surface area (Å²) >= 11 is 0. The number of aromatic amines is 1. The van der Waals surface area contributed by atoms with E-state index in [2.05, 4.69) is 36.2 Å². The molecule has 0 saturated carbocycles. The van der Waals surface area contributed by atoms with Gasteiger partial charge in [0, 0.05) is 13.1 Å². The van der Waals surface area contributed by atoms with Gasteiger partial charge < -0.3 is 10.6 Å². The Morgan fingerprint density at radius 2 is 2.39 bits per heavy atom. The molecule has 1 aliphatic rings. The molecule has 1 fully saturated rings. The van der Waals surface area contributed by atoms with E-state index in [4.69, 9.17) is 0 Å². The fraction of sp³-hybridized carbons (Fsp3) is 0.800. The van der Waals surface area contributed by atoms with Crippen molar-refractivity contribution in [2.45, 2.75) is 19.4 Å². The van der Waals surface area contributed by atoms with E-state index >= 15 is 0 Å². The van der Waals surface area contributed by atoms with Crippen LogP contribution in [0.4, 0.5) is 0 Å². The van der Waals surface area contributed by atoms with Crippen LogP contribution in [0.1, 0.15) is 25.2 Å². The zero-order valence-electron chi connectivity index (χ0n) is 10.5. The molecule has 8 nitrogen and oxygen atoms in total. The van der Waals surface area contributed by atoms with Crippen LogP contribution in [0.3, 0.4) is 0 Å². The van der Waals surface area contributed by atoms with Crippen LogP contribution < -0.4 is 10.6 Å². The predicted octanol–water partition coefficient (Wildman–Crippen LogP) is -1.33. The molecular formula is C10H19N7O. The SMILES string of the molecule is CC(NC(=O)CN1CCCNCC1)c1nn[nH]n1. The van der Waals surface area contributed by atoms with Crippen LogP contribution in [-0.2, 0) is 4.79 Å². The van der Waals surface area contributed by atoms with Crippen molar-refractivity contribution in [2.75, 3.05) is 32.7 Å². The first-order valence-corrected chi connectivity index (χ1v) is 6.21. The number of aromatic nitrogens is 4. The molecule has 0 aliphatic carbocycles. The first-order valence-electron chi connectivity index (χ1n) is 6.21. The number of hydrogen-bond donors (Lipinski definition) is 3. The number of rotatable bonds is 4. The molecule has 1 aromatic heterocycles. The zero-order chi connectivity index (χ0) is 12.8. The van der Waals surface area contributed by atoms with E-state index in [0.29, 0.717) is 12.4 Å². The Kier molecular flexibility index (Phi) is 4.59. The lowest BCUT2D eigenvalue weighted by Gasteiger charge is -2.19. The summed E-state index contributed by atoms with van der Waals surface area (Å²) in [5.74, 6) is 0.495. The van der Waals surface area contributed by atoms with Gasteiger partial charge in [-0.2, -0.15) is 5.21 Å². The van der Waals surface area contributed by atoms with Crippen molar-refractivity contribution < 1.29 is 4.79 Å². The molecule has 0 radical (unpaired) electrons. The molecule has 1 aromatic rings. The third-order valence-electron chi connectivity index (χ3n) is 2.93. The number of tetrazole rings is 1. The molecule has 0 aromatic carbocycles. The minimum atomic E-state index is -0.221. The zero-order valence-corrected chi connectivity index (χ0v) is 10.5. The molecule has 8 heteroatoms. The van der Waals surface area contributed by atoms with E-state index < -0.39 is 0 Å². The highest BCUT2D eigenvalue weighted by Crippen LogP contribution is 2.03. The molecule has 1 aliphatic heterocycles. The maximum absolute atomic E-state index is 11.9. The van der Waals surface area contributed by atoms with Gasteiger partial charge in [-0.05, 0) is 26.4 Å². The van der Waals surface area contributed by atoms with Crippen molar-refractivity contribution in [1.82, 2.24) is 36.2 Å². The largest absolute Gasteiger partial charge is 0.345 e. The second-order valence-corrected chi connectivity index (χ2v) is 4.44. The van der Waals surface area contributed by atoms with Crippen molar-refractivity contribution in [3.05, 3.63) is 5.82 Å². The molecule has 2 rings (SSSR count). The summed E-state index contributed by atoms with van der Waals surface area (Å²) < 4.78 is 0. The Hall–Kier alpha value is -1.54. The second-order valence-electron chi connectivity index (χ2n) is 4.44. The van der Waals surface area contributed by atoms with Gasteiger partial charge in [-0.3, -0.25) is 9.69 Å². The Morgan fingerprint density at radius 3 is 3.17 bits per heavy atom. The van der Waals surface area contributed by atoms with Gasteiger partial charge in [-0.25, -0.2) is 0 Å². The quantitative estimate of drug-likeness (QED) is 0.615. The molecule has 1 unspecified atom stereocenters. The first-order chi connectivity index (χ1) is 8.75.